The number of nitrogens with zero attached hydrogens (tertiary/aromatic N) is 2. The van der Waals surface area contributed by atoms with Crippen LogP contribution in [0.4, 0.5) is 19.0 Å². The molecule has 88 valence electrons. The van der Waals surface area contributed by atoms with Gasteiger partial charge in [-0.1, -0.05) is 13.0 Å². The maximum absolute atomic E-state index is 12.5. The molecule has 1 saturated heterocycles. The molecule has 0 aromatic carbocycles. The molecule has 1 aromatic heterocycles. The lowest BCUT2D eigenvalue weighted by Crippen LogP contribution is -2.21. The standard InChI is InChI=1S/C11H13F3N2/c1-8-5-6-16(7-8)10-4-2-3-9(15-10)11(12,13)14/h2-4,8H,5-7H2,1H3/t8-/m1/s1. The normalized spacial score (nSPS) is 21.5. The molecule has 0 amide bonds. The van der Waals surface area contributed by atoms with Crippen molar-refractivity contribution in [3.8, 4) is 0 Å². The Morgan fingerprint density at radius 3 is 2.69 bits per heavy atom. The van der Waals surface area contributed by atoms with Crippen molar-refractivity contribution in [2.45, 2.75) is 19.5 Å². The van der Waals surface area contributed by atoms with Crippen LogP contribution < -0.4 is 4.90 Å². The van der Waals surface area contributed by atoms with E-state index in [9.17, 15) is 13.2 Å². The Balaban J connectivity index is 2.23. The van der Waals surface area contributed by atoms with Gasteiger partial charge in [-0.3, -0.25) is 0 Å². The van der Waals surface area contributed by atoms with Gasteiger partial charge in [0.2, 0.25) is 0 Å². The van der Waals surface area contributed by atoms with Crippen molar-refractivity contribution in [1.29, 1.82) is 0 Å². The smallest absolute Gasteiger partial charge is 0.356 e. The van der Waals surface area contributed by atoms with Crippen LogP contribution in [-0.2, 0) is 6.18 Å². The van der Waals surface area contributed by atoms with E-state index in [1.54, 1.807) is 6.07 Å². The van der Waals surface area contributed by atoms with E-state index in [-0.39, 0.29) is 0 Å². The number of anilines is 1. The third-order valence-corrected chi connectivity index (χ3v) is 2.77. The summed E-state index contributed by atoms with van der Waals surface area (Å²) in [4.78, 5) is 5.56. The summed E-state index contributed by atoms with van der Waals surface area (Å²) in [5, 5.41) is 0. The van der Waals surface area contributed by atoms with Crippen LogP contribution in [0.3, 0.4) is 0 Å². The van der Waals surface area contributed by atoms with Gasteiger partial charge >= 0.3 is 6.18 Å². The first-order chi connectivity index (χ1) is 7.47. The van der Waals surface area contributed by atoms with Crippen LogP contribution in [-0.4, -0.2) is 18.1 Å². The van der Waals surface area contributed by atoms with E-state index in [1.807, 2.05) is 4.90 Å². The Morgan fingerprint density at radius 2 is 2.12 bits per heavy atom. The van der Waals surface area contributed by atoms with Crippen LogP contribution in [0.2, 0.25) is 0 Å². The summed E-state index contributed by atoms with van der Waals surface area (Å²) >= 11 is 0. The van der Waals surface area contributed by atoms with Gasteiger partial charge < -0.3 is 4.90 Å². The van der Waals surface area contributed by atoms with E-state index in [1.165, 1.54) is 6.07 Å². The maximum Gasteiger partial charge on any atom is 0.433 e. The molecule has 2 rings (SSSR count). The van der Waals surface area contributed by atoms with Gasteiger partial charge in [0.1, 0.15) is 11.5 Å². The Bertz CT molecular complexity index is 376. The minimum absolute atomic E-state index is 0.430. The number of alkyl halides is 3. The van der Waals surface area contributed by atoms with Crippen molar-refractivity contribution in [3.05, 3.63) is 23.9 Å². The highest BCUT2D eigenvalue weighted by molar-refractivity contribution is 5.40. The zero-order valence-corrected chi connectivity index (χ0v) is 8.96. The molecule has 0 saturated carbocycles. The van der Waals surface area contributed by atoms with E-state index in [4.69, 9.17) is 0 Å². The molecule has 1 aliphatic rings. The Hall–Kier alpha value is -1.26. The second kappa shape index (κ2) is 3.96. The topological polar surface area (TPSA) is 16.1 Å². The average molecular weight is 230 g/mol. The lowest BCUT2D eigenvalue weighted by atomic mass is 10.2. The Kier molecular flexibility index (Phi) is 2.78. The summed E-state index contributed by atoms with van der Waals surface area (Å²) in [5.41, 5.74) is -0.815. The predicted molar refractivity (Wildman–Crippen MR) is 55.2 cm³/mol. The molecule has 0 bridgehead atoms. The van der Waals surface area contributed by atoms with Gasteiger partial charge in [-0.2, -0.15) is 13.2 Å². The van der Waals surface area contributed by atoms with E-state index in [0.29, 0.717) is 11.7 Å². The van der Waals surface area contributed by atoms with Crippen LogP contribution in [0.15, 0.2) is 18.2 Å². The van der Waals surface area contributed by atoms with Crippen molar-refractivity contribution in [1.82, 2.24) is 4.98 Å². The first kappa shape index (κ1) is 11.2. The summed E-state index contributed by atoms with van der Waals surface area (Å²) in [6.45, 7) is 3.66. The number of aromatic nitrogens is 1. The zero-order valence-electron chi connectivity index (χ0n) is 8.96. The molecule has 1 atom stereocenters. The molecule has 1 fully saturated rings. The number of hydrogen-bond donors (Lipinski definition) is 0. The molecule has 0 aliphatic carbocycles. The van der Waals surface area contributed by atoms with Crippen LogP contribution >= 0.6 is 0 Å². The highest BCUT2D eigenvalue weighted by atomic mass is 19.4. The van der Waals surface area contributed by atoms with Crippen molar-refractivity contribution < 1.29 is 13.2 Å². The van der Waals surface area contributed by atoms with Gasteiger partial charge in [-0.15, -0.1) is 0 Å². The quantitative estimate of drug-likeness (QED) is 0.737. The van der Waals surface area contributed by atoms with Gasteiger partial charge in [0.05, 0.1) is 0 Å². The number of pyridine rings is 1. The number of halogens is 3. The molecule has 0 spiro atoms. The van der Waals surface area contributed by atoms with E-state index >= 15 is 0 Å². The molecule has 1 aliphatic heterocycles. The summed E-state index contributed by atoms with van der Waals surface area (Å²) in [5.74, 6) is 0.954. The molecular formula is C11H13F3N2. The van der Waals surface area contributed by atoms with Gasteiger partial charge in [-0.05, 0) is 24.5 Å². The van der Waals surface area contributed by atoms with Crippen molar-refractivity contribution in [2.75, 3.05) is 18.0 Å². The lowest BCUT2D eigenvalue weighted by molar-refractivity contribution is -0.141. The number of hydrogen-bond acceptors (Lipinski definition) is 2. The average Bonchev–Trinajstić information content (AvgIpc) is 2.64. The lowest BCUT2D eigenvalue weighted by Gasteiger charge is -2.18. The van der Waals surface area contributed by atoms with Crippen LogP contribution in [0.5, 0.6) is 0 Å². The third kappa shape index (κ3) is 2.28. The van der Waals surface area contributed by atoms with Crippen LogP contribution in [0.1, 0.15) is 19.0 Å². The fraction of sp³-hybridized carbons (Fsp3) is 0.545. The van der Waals surface area contributed by atoms with Gasteiger partial charge in [0.25, 0.3) is 0 Å². The largest absolute Gasteiger partial charge is 0.433 e. The first-order valence-electron chi connectivity index (χ1n) is 5.26. The Morgan fingerprint density at radius 1 is 1.38 bits per heavy atom. The van der Waals surface area contributed by atoms with Crippen molar-refractivity contribution in [3.63, 3.8) is 0 Å². The monoisotopic (exact) mass is 230 g/mol. The fourth-order valence-corrected chi connectivity index (χ4v) is 1.90. The Labute approximate surface area is 92.1 Å². The predicted octanol–water partition coefficient (Wildman–Crippen LogP) is 2.95. The minimum Gasteiger partial charge on any atom is -0.356 e. The fourth-order valence-electron chi connectivity index (χ4n) is 1.90. The maximum atomic E-state index is 12.5. The molecule has 0 unspecified atom stereocenters. The number of rotatable bonds is 1. The summed E-state index contributed by atoms with van der Waals surface area (Å²) < 4.78 is 37.4. The molecule has 0 radical (unpaired) electrons. The molecular weight excluding hydrogens is 217 g/mol. The third-order valence-electron chi connectivity index (χ3n) is 2.77. The second-order valence-electron chi connectivity index (χ2n) is 4.22. The summed E-state index contributed by atoms with van der Waals surface area (Å²) in [6, 6.07) is 4.05. The summed E-state index contributed by atoms with van der Waals surface area (Å²) in [6.07, 6.45) is -3.35. The highest BCUT2D eigenvalue weighted by Gasteiger charge is 2.33. The molecule has 1 aromatic rings. The minimum atomic E-state index is -4.36. The zero-order chi connectivity index (χ0) is 11.8. The molecule has 5 heteroatoms. The van der Waals surface area contributed by atoms with Crippen molar-refractivity contribution in [2.24, 2.45) is 5.92 Å². The van der Waals surface area contributed by atoms with Crippen molar-refractivity contribution >= 4 is 5.82 Å². The highest BCUT2D eigenvalue weighted by Crippen LogP contribution is 2.30. The first-order valence-corrected chi connectivity index (χ1v) is 5.26. The summed E-state index contributed by atoms with van der Waals surface area (Å²) in [7, 11) is 0. The van der Waals surface area contributed by atoms with E-state index in [0.717, 1.165) is 25.6 Å². The van der Waals surface area contributed by atoms with E-state index in [2.05, 4.69) is 11.9 Å². The van der Waals surface area contributed by atoms with Gasteiger partial charge in [0.15, 0.2) is 0 Å². The van der Waals surface area contributed by atoms with Crippen LogP contribution in [0, 0.1) is 5.92 Å². The molecule has 16 heavy (non-hydrogen) atoms. The molecule has 2 nitrogen and oxygen atoms in total. The van der Waals surface area contributed by atoms with Crippen LogP contribution in [0.25, 0.3) is 0 Å². The second-order valence-corrected chi connectivity index (χ2v) is 4.22. The van der Waals surface area contributed by atoms with Gasteiger partial charge in [-0.25, -0.2) is 4.98 Å². The molecule has 2 heterocycles. The van der Waals surface area contributed by atoms with E-state index < -0.39 is 11.9 Å². The SMILES string of the molecule is C[C@@H]1CCN(c2cccc(C(F)(F)F)n2)C1. The molecule has 0 N–H and O–H groups in total. The van der Waals surface area contributed by atoms with Gasteiger partial charge in [0, 0.05) is 13.1 Å².